The van der Waals surface area contributed by atoms with Gasteiger partial charge in [0.2, 0.25) is 0 Å². The fourth-order valence-corrected chi connectivity index (χ4v) is 3.69. The molecular weight excluding hydrogens is 400 g/mol. The number of ether oxygens (including phenoxy) is 1. The molecule has 0 unspecified atom stereocenters. The van der Waals surface area contributed by atoms with Crippen LogP contribution in [0.4, 0.5) is 5.69 Å². The molecule has 7 heteroatoms. The maximum atomic E-state index is 12.9. The number of hydrogen-bond acceptors (Lipinski definition) is 4. The molecule has 0 atom stereocenters. The number of pyridine rings is 1. The monoisotopic (exact) mass is 420 g/mol. The van der Waals surface area contributed by atoms with Crippen LogP contribution in [0.15, 0.2) is 48.7 Å². The highest BCUT2D eigenvalue weighted by molar-refractivity contribution is 6.39. The van der Waals surface area contributed by atoms with Gasteiger partial charge in [-0.05, 0) is 62.2 Å². The molecule has 2 aromatic heterocycles. The number of aryl methyl sites for hydroxylation is 3. The number of benzene rings is 2. The standard InChI is InChI=1S/C23H21ClN4O2/c1-13-5-6-14(2)19(11-13)26-23(29)18-12-25-22-20(21(18)24)15(3)27-28(22)16-7-9-17(30-4)10-8-16/h5-12H,1-4H3,(H,26,29). The molecule has 0 aliphatic carbocycles. The second kappa shape index (κ2) is 7.80. The van der Waals surface area contributed by atoms with Gasteiger partial charge in [0.05, 0.1) is 34.5 Å². The van der Waals surface area contributed by atoms with Gasteiger partial charge in [-0.15, -0.1) is 0 Å². The summed E-state index contributed by atoms with van der Waals surface area (Å²) in [4.78, 5) is 17.4. The fourth-order valence-electron chi connectivity index (χ4n) is 3.33. The number of fused-ring (bicyclic) bond motifs is 1. The quantitative estimate of drug-likeness (QED) is 0.489. The molecule has 1 amide bonds. The predicted molar refractivity (Wildman–Crippen MR) is 119 cm³/mol. The lowest BCUT2D eigenvalue weighted by molar-refractivity contribution is 0.102. The lowest BCUT2D eigenvalue weighted by Gasteiger charge is -2.11. The van der Waals surface area contributed by atoms with Crippen molar-refractivity contribution in [3.05, 3.63) is 76.1 Å². The summed E-state index contributed by atoms with van der Waals surface area (Å²) in [6.07, 6.45) is 1.49. The molecule has 4 rings (SSSR count). The number of hydrogen-bond donors (Lipinski definition) is 1. The van der Waals surface area contributed by atoms with Gasteiger partial charge in [-0.2, -0.15) is 5.10 Å². The van der Waals surface area contributed by atoms with E-state index < -0.39 is 0 Å². The molecule has 1 N–H and O–H groups in total. The van der Waals surface area contributed by atoms with Crippen molar-refractivity contribution in [3.63, 3.8) is 0 Å². The van der Waals surface area contributed by atoms with Gasteiger partial charge in [-0.25, -0.2) is 9.67 Å². The topological polar surface area (TPSA) is 69.0 Å². The van der Waals surface area contributed by atoms with Crippen LogP contribution in [0.3, 0.4) is 0 Å². The van der Waals surface area contributed by atoms with Crippen LogP contribution < -0.4 is 10.1 Å². The van der Waals surface area contributed by atoms with E-state index in [-0.39, 0.29) is 5.91 Å². The van der Waals surface area contributed by atoms with Crippen molar-refractivity contribution in [1.29, 1.82) is 0 Å². The van der Waals surface area contributed by atoms with Gasteiger partial charge in [0.15, 0.2) is 5.65 Å². The van der Waals surface area contributed by atoms with Crippen LogP contribution in [0.2, 0.25) is 5.02 Å². The fraction of sp³-hybridized carbons (Fsp3) is 0.174. The zero-order valence-corrected chi connectivity index (χ0v) is 17.9. The number of methoxy groups -OCH3 is 1. The SMILES string of the molecule is COc1ccc(-n2nc(C)c3c(Cl)c(C(=O)Nc4cc(C)ccc4C)cnc32)cc1. The number of anilines is 1. The Morgan fingerprint density at radius 2 is 1.83 bits per heavy atom. The molecule has 0 aliphatic heterocycles. The van der Waals surface area contributed by atoms with Gasteiger partial charge in [-0.1, -0.05) is 23.7 Å². The Morgan fingerprint density at radius 3 is 2.53 bits per heavy atom. The van der Waals surface area contributed by atoms with Gasteiger partial charge in [0.25, 0.3) is 5.91 Å². The van der Waals surface area contributed by atoms with Crippen LogP contribution >= 0.6 is 11.6 Å². The summed E-state index contributed by atoms with van der Waals surface area (Å²) in [6, 6.07) is 13.4. The minimum Gasteiger partial charge on any atom is -0.497 e. The predicted octanol–water partition coefficient (Wildman–Crippen LogP) is 5.26. The summed E-state index contributed by atoms with van der Waals surface area (Å²) < 4.78 is 6.92. The Morgan fingerprint density at radius 1 is 1.10 bits per heavy atom. The molecule has 2 aromatic carbocycles. The number of halogens is 1. The van der Waals surface area contributed by atoms with Crippen molar-refractivity contribution >= 4 is 34.2 Å². The van der Waals surface area contributed by atoms with Gasteiger partial charge in [-0.3, -0.25) is 4.79 Å². The second-order valence-electron chi connectivity index (χ2n) is 7.15. The van der Waals surface area contributed by atoms with Gasteiger partial charge < -0.3 is 10.1 Å². The van der Waals surface area contributed by atoms with Crippen molar-refractivity contribution in [2.45, 2.75) is 20.8 Å². The summed E-state index contributed by atoms with van der Waals surface area (Å²) in [5, 5.41) is 8.51. The van der Waals surface area contributed by atoms with E-state index in [0.29, 0.717) is 27.3 Å². The number of carbonyl (C=O) groups excluding carboxylic acids is 1. The molecule has 2 heterocycles. The number of nitrogens with zero attached hydrogens (tertiary/aromatic N) is 3. The molecule has 0 bridgehead atoms. The van der Waals surface area contributed by atoms with Crippen LogP contribution in [-0.2, 0) is 0 Å². The summed E-state index contributed by atoms with van der Waals surface area (Å²) in [7, 11) is 1.62. The maximum Gasteiger partial charge on any atom is 0.258 e. The maximum absolute atomic E-state index is 12.9. The Hall–Kier alpha value is -3.38. The van der Waals surface area contributed by atoms with Crippen molar-refractivity contribution in [2.24, 2.45) is 0 Å². The number of rotatable bonds is 4. The molecule has 0 fully saturated rings. The molecular formula is C23H21ClN4O2. The van der Waals surface area contributed by atoms with E-state index in [2.05, 4.69) is 15.4 Å². The Labute approximate surface area is 179 Å². The Balaban J connectivity index is 1.74. The third-order valence-electron chi connectivity index (χ3n) is 5.01. The summed E-state index contributed by atoms with van der Waals surface area (Å²) in [5.74, 6) is 0.447. The first-order valence-corrected chi connectivity index (χ1v) is 9.83. The molecule has 0 spiro atoms. The first-order chi connectivity index (χ1) is 14.4. The minimum absolute atomic E-state index is 0.306. The highest BCUT2D eigenvalue weighted by Crippen LogP contribution is 2.31. The second-order valence-corrected chi connectivity index (χ2v) is 7.53. The highest BCUT2D eigenvalue weighted by Gasteiger charge is 2.20. The van der Waals surface area contributed by atoms with Crippen LogP contribution in [0, 0.1) is 20.8 Å². The zero-order chi connectivity index (χ0) is 21.4. The van der Waals surface area contributed by atoms with Crippen molar-refractivity contribution < 1.29 is 9.53 Å². The van der Waals surface area contributed by atoms with E-state index in [4.69, 9.17) is 16.3 Å². The lowest BCUT2D eigenvalue weighted by atomic mass is 10.1. The van der Waals surface area contributed by atoms with Crippen LogP contribution in [0.5, 0.6) is 5.75 Å². The van der Waals surface area contributed by atoms with Crippen molar-refractivity contribution in [3.8, 4) is 11.4 Å². The number of aromatic nitrogens is 3. The Kier molecular flexibility index (Phi) is 5.18. The average molecular weight is 421 g/mol. The third kappa shape index (κ3) is 3.50. The van der Waals surface area contributed by atoms with E-state index in [0.717, 1.165) is 28.3 Å². The molecule has 4 aromatic rings. The van der Waals surface area contributed by atoms with E-state index in [1.54, 1.807) is 11.8 Å². The van der Waals surface area contributed by atoms with Gasteiger partial charge in [0.1, 0.15) is 5.75 Å². The average Bonchev–Trinajstić information content (AvgIpc) is 3.08. The van der Waals surface area contributed by atoms with E-state index in [1.807, 2.05) is 63.2 Å². The van der Waals surface area contributed by atoms with E-state index in [9.17, 15) is 4.79 Å². The highest BCUT2D eigenvalue weighted by atomic mass is 35.5. The molecule has 6 nitrogen and oxygen atoms in total. The first-order valence-electron chi connectivity index (χ1n) is 9.46. The summed E-state index contributed by atoms with van der Waals surface area (Å²) in [5.41, 5.74) is 5.20. The lowest BCUT2D eigenvalue weighted by Crippen LogP contribution is -2.14. The molecule has 0 aliphatic rings. The van der Waals surface area contributed by atoms with Crippen LogP contribution in [0.25, 0.3) is 16.7 Å². The number of carbonyl (C=O) groups is 1. The van der Waals surface area contributed by atoms with Crippen LogP contribution in [0.1, 0.15) is 27.2 Å². The normalized spacial score (nSPS) is 11.0. The van der Waals surface area contributed by atoms with Gasteiger partial charge in [0, 0.05) is 11.9 Å². The molecule has 30 heavy (non-hydrogen) atoms. The van der Waals surface area contributed by atoms with Crippen molar-refractivity contribution in [1.82, 2.24) is 14.8 Å². The molecule has 152 valence electrons. The molecule has 0 saturated heterocycles. The molecule has 0 saturated carbocycles. The summed E-state index contributed by atoms with van der Waals surface area (Å²) >= 11 is 6.65. The largest absolute Gasteiger partial charge is 0.497 e. The first kappa shape index (κ1) is 19.9. The minimum atomic E-state index is -0.306. The Bertz CT molecular complexity index is 1260. The molecule has 0 radical (unpaired) electrons. The number of amides is 1. The van der Waals surface area contributed by atoms with Gasteiger partial charge >= 0.3 is 0 Å². The zero-order valence-electron chi connectivity index (χ0n) is 17.2. The van der Waals surface area contributed by atoms with E-state index >= 15 is 0 Å². The van der Waals surface area contributed by atoms with Crippen molar-refractivity contribution in [2.75, 3.05) is 12.4 Å². The van der Waals surface area contributed by atoms with E-state index in [1.165, 1.54) is 6.20 Å². The smallest absolute Gasteiger partial charge is 0.258 e. The van der Waals surface area contributed by atoms with Crippen LogP contribution in [-0.4, -0.2) is 27.8 Å². The number of nitrogens with one attached hydrogen (secondary N) is 1. The summed E-state index contributed by atoms with van der Waals surface area (Å²) in [6.45, 7) is 5.77. The third-order valence-corrected chi connectivity index (χ3v) is 5.40.